The van der Waals surface area contributed by atoms with E-state index in [0.717, 1.165) is 4.90 Å². The van der Waals surface area contributed by atoms with Gasteiger partial charge in [-0.15, -0.1) is 11.8 Å². The zero-order chi connectivity index (χ0) is 15.5. The molecule has 0 saturated heterocycles. The van der Waals surface area contributed by atoms with E-state index in [1.807, 2.05) is 6.07 Å². The molecule has 112 valence electrons. The van der Waals surface area contributed by atoms with Gasteiger partial charge in [-0.25, -0.2) is 0 Å². The van der Waals surface area contributed by atoms with Crippen LogP contribution in [0.15, 0.2) is 47.6 Å². The molecule has 7 heteroatoms. The number of amides is 2. The first-order chi connectivity index (χ1) is 10.6. The standard InChI is InChI=1S/C15H13N3O3S/c19-14-9-22-13-4-3-11(6-12(13)17-14)15(20)16-7-10-2-1-5-18(21)8-10/h1-6,8H,7,9H2,(H,16,20)(H,17,19). The summed E-state index contributed by atoms with van der Waals surface area (Å²) in [5.41, 5.74) is 1.84. The van der Waals surface area contributed by atoms with Crippen LogP contribution < -0.4 is 15.4 Å². The van der Waals surface area contributed by atoms with Gasteiger partial charge in [0.1, 0.15) is 0 Å². The topological polar surface area (TPSA) is 85.1 Å². The number of fused-ring (bicyclic) bond motifs is 1. The van der Waals surface area contributed by atoms with Crippen molar-refractivity contribution in [1.29, 1.82) is 0 Å². The normalized spacial score (nSPS) is 13.2. The molecule has 1 aliphatic heterocycles. The van der Waals surface area contributed by atoms with Crippen LogP contribution in [0.25, 0.3) is 0 Å². The molecular weight excluding hydrogens is 302 g/mol. The third kappa shape index (κ3) is 3.20. The zero-order valence-electron chi connectivity index (χ0n) is 11.5. The van der Waals surface area contributed by atoms with Crippen LogP contribution in [0.3, 0.4) is 0 Å². The van der Waals surface area contributed by atoms with Crippen molar-refractivity contribution in [3.05, 3.63) is 59.1 Å². The monoisotopic (exact) mass is 315 g/mol. The largest absolute Gasteiger partial charge is 0.619 e. The molecule has 0 radical (unpaired) electrons. The molecule has 2 heterocycles. The number of carbonyl (C=O) groups excluding carboxylic acids is 2. The molecule has 22 heavy (non-hydrogen) atoms. The fourth-order valence-corrected chi connectivity index (χ4v) is 2.90. The average molecular weight is 315 g/mol. The van der Waals surface area contributed by atoms with Crippen LogP contribution in [0.1, 0.15) is 15.9 Å². The Hall–Kier alpha value is -2.54. The summed E-state index contributed by atoms with van der Waals surface area (Å²) in [5.74, 6) is 0.0649. The Morgan fingerprint density at radius 3 is 3.09 bits per heavy atom. The minimum atomic E-state index is -0.256. The van der Waals surface area contributed by atoms with E-state index < -0.39 is 0 Å². The van der Waals surface area contributed by atoms with E-state index >= 15 is 0 Å². The fraction of sp³-hybridized carbons (Fsp3) is 0.133. The molecule has 6 nitrogen and oxygen atoms in total. The first-order valence-corrected chi connectivity index (χ1v) is 7.63. The predicted octanol–water partition coefficient (Wildman–Crippen LogP) is 1.29. The molecule has 2 amide bonds. The quantitative estimate of drug-likeness (QED) is 0.660. The summed E-state index contributed by atoms with van der Waals surface area (Å²) in [6.07, 6.45) is 2.79. The molecule has 0 unspecified atom stereocenters. The predicted molar refractivity (Wildman–Crippen MR) is 82.4 cm³/mol. The van der Waals surface area contributed by atoms with E-state index in [1.54, 1.807) is 24.3 Å². The molecule has 1 aromatic heterocycles. The zero-order valence-corrected chi connectivity index (χ0v) is 12.4. The van der Waals surface area contributed by atoms with Gasteiger partial charge in [-0.2, -0.15) is 4.73 Å². The Bertz CT molecular complexity index is 749. The Morgan fingerprint density at radius 1 is 1.41 bits per heavy atom. The van der Waals surface area contributed by atoms with Gasteiger partial charge in [-0.05, 0) is 24.3 Å². The molecule has 2 aromatic rings. The highest BCUT2D eigenvalue weighted by atomic mass is 32.2. The van der Waals surface area contributed by atoms with Gasteiger partial charge in [0.25, 0.3) is 5.91 Å². The third-order valence-electron chi connectivity index (χ3n) is 3.16. The summed E-state index contributed by atoms with van der Waals surface area (Å²) < 4.78 is 0.688. The molecule has 0 bridgehead atoms. The Balaban J connectivity index is 1.70. The first kappa shape index (κ1) is 14.4. The van der Waals surface area contributed by atoms with E-state index in [9.17, 15) is 14.8 Å². The fourth-order valence-electron chi connectivity index (χ4n) is 2.11. The van der Waals surface area contributed by atoms with E-state index in [1.165, 1.54) is 24.2 Å². The molecule has 0 fully saturated rings. The number of pyridine rings is 1. The molecule has 3 rings (SSSR count). The van der Waals surface area contributed by atoms with E-state index in [0.29, 0.717) is 27.3 Å². The number of thioether (sulfide) groups is 1. The number of benzene rings is 1. The first-order valence-electron chi connectivity index (χ1n) is 6.64. The Labute approximate surface area is 131 Å². The summed E-state index contributed by atoms with van der Waals surface area (Å²) in [5, 5.41) is 16.7. The van der Waals surface area contributed by atoms with Crippen molar-refractivity contribution in [3.8, 4) is 0 Å². The third-order valence-corrected chi connectivity index (χ3v) is 4.24. The van der Waals surface area contributed by atoms with Crippen LogP contribution in [-0.4, -0.2) is 17.6 Å². The van der Waals surface area contributed by atoms with Crippen LogP contribution >= 0.6 is 11.8 Å². The van der Waals surface area contributed by atoms with Gasteiger partial charge >= 0.3 is 0 Å². The smallest absolute Gasteiger partial charge is 0.251 e. The molecule has 0 atom stereocenters. The van der Waals surface area contributed by atoms with Crippen molar-refractivity contribution in [3.63, 3.8) is 0 Å². The number of aromatic nitrogens is 1. The second-order valence-electron chi connectivity index (χ2n) is 4.80. The van der Waals surface area contributed by atoms with E-state index in [4.69, 9.17) is 0 Å². The molecule has 1 aromatic carbocycles. The van der Waals surface area contributed by atoms with Gasteiger partial charge < -0.3 is 15.8 Å². The number of nitrogens with one attached hydrogen (secondary N) is 2. The number of hydrogen-bond donors (Lipinski definition) is 2. The van der Waals surface area contributed by atoms with Crippen LogP contribution in [0.2, 0.25) is 0 Å². The number of hydrogen-bond acceptors (Lipinski definition) is 4. The van der Waals surface area contributed by atoms with Crippen LogP contribution in [-0.2, 0) is 11.3 Å². The molecule has 0 spiro atoms. The van der Waals surface area contributed by atoms with E-state index in [2.05, 4.69) is 10.6 Å². The van der Waals surface area contributed by atoms with Crippen molar-refractivity contribution in [2.24, 2.45) is 0 Å². The minimum absolute atomic E-state index is 0.0701. The molecular formula is C15H13N3O3S. The van der Waals surface area contributed by atoms with Gasteiger partial charge in [0.2, 0.25) is 5.91 Å². The van der Waals surface area contributed by atoms with Crippen molar-refractivity contribution in [1.82, 2.24) is 5.32 Å². The van der Waals surface area contributed by atoms with Gasteiger partial charge in [0.05, 0.1) is 11.4 Å². The molecule has 1 aliphatic rings. The van der Waals surface area contributed by atoms with Gasteiger partial charge in [0.15, 0.2) is 12.4 Å². The van der Waals surface area contributed by atoms with Gasteiger partial charge in [0, 0.05) is 28.6 Å². The molecule has 2 N–H and O–H groups in total. The van der Waals surface area contributed by atoms with E-state index in [-0.39, 0.29) is 18.4 Å². The van der Waals surface area contributed by atoms with Crippen LogP contribution in [0.4, 0.5) is 5.69 Å². The summed E-state index contributed by atoms with van der Waals surface area (Å²) in [7, 11) is 0. The van der Waals surface area contributed by atoms with Crippen molar-refractivity contribution in [2.45, 2.75) is 11.4 Å². The highest BCUT2D eigenvalue weighted by molar-refractivity contribution is 8.00. The van der Waals surface area contributed by atoms with Gasteiger partial charge in [-0.3, -0.25) is 9.59 Å². The lowest BCUT2D eigenvalue weighted by Gasteiger charge is -2.16. The van der Waals surface area contributed by atoms with Gasteiger partial charge in [-0.1, -0.05) is 0 Å². The maximum Gasteiger partial charge on any atom is 0.251 e. The summed E-state index contributed by atoms with van der Waals surface area (Å²) >= 11 is 1.45. The van der Waals surface area contributed by atoms with Crippen molar-refractivity contribution < 1.29 is 14.3 Å². The van der Waals surface area contributed by atoms with Crippen LogP contribution in [0.5, 0.6) is 0 Å². The van der Waals surface area contributed by atoms with Crippen molar-refractivity contribution in [2.75, 3.05) is 11.1 Å². The van der Waals surface area contributed by atoms with Crippen LogP contribution in [0, 0.1) is 5.21 Å². The number of rotatable bonds is 3. The molecule has 0 saturated carbocycles. The maximum atomic E-state index is 12.2. The number of nitrogens with zero attached hydrogens (tertiary/aromatic N) is 1. The lowest BCUT2D eigenvalue weighted by Crippen LogP contribution is -2.28. The Kier molecular flexibility index (Phi) is 3.97. The van der Waals surface area contributed by atoms with Crippen molar-refractivity contribution >= 4 is 29.3 Å². The summed E-state index contributed by atoms with van der Waals surface area (Å²) in [6.45, 7) is 0.264. The second-order valence-corrected chi connectivity index (χ2v) is 5.82. The number of carbonyl (C=O) groups is 2. The lowest BCUT2D eigenvalue weighted by atomic mass is 10.1. The highest BCUT2D eigenvalue weighted by Gasteiger charge is 2.17. The highest BCUT2D eigenvalue weighted by Crippen LogP contribution is 2.31. The average Bonchev–Trinajstić information content (AvgIpc) is 2.52. The second kappa shape index (κ2) is 6.07. The SMILES string of the molecule is O=C1CSc2ccc(C(=O)NCc3ccc[n+]([O-])c3)cc2N1. The number of anilines is 1. The molecule has 0 aliphatic carbocycles. The maximum absolute atomic E-state index is 12.2. The lowest BCUT2D eigenvalue weighted by molar-refractivity contribution is -0.605. The Morgan fingerprint density at radius 2 is 2.27 bits per heavy atom. The minimum Gasteiger partial charge on any atom is -0.619 e. The summed E-state index contributed by atoms with van der Waals surface area (Å²) in [6, 6.07) is 8.59. The summed E-state index contributed by atoms with van der Waals surface area (Å²) in [4.78, 5) is 24.5.